The molecule has 2 aliphatic rings. The Hall–Kier alpha value is -1.69. The lowest BCUT2D eigenvalue weighted by atomic mass is 9.83. The SMILES string of the molecule is Cl.O=c1cc(-c2ccc3scnc3c2)cc2n1C[C@@H]1CNC[C@H]2C1. The van der Waals surface area contributed by atoms with E-state index in [2.05, 4.69) is 34.6 Å². The fourth-order valence-electron chi connectivity index (χ4n) is 4.01. The summed E-state index contributed by atoms with van der Waals surface area (Å²) >= 11 is 1.64. The first kappa shape index (κ1) is 15.8. The molecule has 1 saturated heterocycles. The van der Waals surface area contributed by atoms with Crippen LogP contribution in [0.15, 0.2) is 40.6 Å². The standard InChI is InChI=1S/C18H17N3OS.ClH/c22-18-6-13(12-1-2-17-15(4-12)20-10-23-17)5-16-14-3-11(7-19-8-14)9-21(16)18;/h1-2,4-6,10-11,14,19H,3,7-9H2;1H/t11-,14+;/m0./s1. The number of hydrogen-bond acceptors (Lipinski definition) is 4. The Bertz CT molecular complexity index is 964. The van der Waals surface area contributed by atoms with Crippen molar-refractivity contribution in [3.05, 3.63) is 51.9 Å². The van der Waals surface area contributed by atoms with Gasteiger partial charge in [-0.05, 0) is 48.2 Å². The third-order valence-corrected chi connectivity index (χ3v) is 5.93. The molecule has 6 heteroatoms. The quantitative estimate of drug-likeness (QED) is 0.725. The zero-order valence-electron chi connectivity index (χ0n) is 13.1. The Morgan fingerprint density at radius 2 is 2.08 bits per heavy atom. The summed E-state index contributed by atoms with van der Waals surface area (Å²) in [5.41, 5.74) is 6.28. The predicted molar refractivity (Wildman–Crippen MR) is 100 cm³/mol. The number of nitrogens with zero attached hydrogens (tertiary/aromatic N) is 2. The summed E-state index contributed by atoms with van der Waals surface area (Å²) < 4.78 is 3.17. The van der Waals surface area contributed by atoms with Crippen LogP contribution in [0, 0.1) is 5.92 Å². The Morgan fingerprint density at radius 1 is 1.17 bits per heavy atom. The zero-order valence-corrected chi connectivity index (χ0v) is 14.7. The molecule has 2 atom stereocenters. The largest absolute Gasteiger partial charge is 0.316 e. The van der Waals surface area contributed by atoms with Crippen molar-refractivity contribution in [3.8, 4) is 11.1 Å². The maximum atomic E-state index is 12.6. The van der Waals surface area contributed by atoms with Gasteiger partial charge in [-0.2, -0.15) is 0 Å². The molecule has 2 aliphatic heterocycles. The Morgan fingerprint density at radius 3 is 3.00 bits per heavy atom. The van der Waals surface area contributed by atoms with Crippen LogP contribution in [0.3, 0.4) is 0 Å². The molecular formula is C18H18ClN3OS. The van der Waals surface area contributed by atoms with E-state index in [1.54, 1.807) is 17.4 Å². The molecule has 2 bridgehead atoms. The molecule has 5 rings (SSSR count). The maximum absolute atomic E-state index is 12.6. The number of rotatable bonds is 1. The lowest BCUT2D eigenvalue weighted by molar-refractivity contribution is 0.257. The van der Waals surface area contributed by atoms with Gasteiger partial charge in [0.2, 0.25) is 0 Å². The number of thiazole rings is 1. The molecule has 0 saturated carbocycles. The maximum Gasteiger partial charge on any atom is 0.251 e. The van der Waals surface area contributed by atoms with Crippen LogP contribution in [-0.4, -0.2) is 22.6 Å². The van der Waals surface area contributed by atoms with Gasteiger partial charge in [-0.15, -0.1) is 23.7 Å². The Kier molecular flexibility index (Phi) is 3.95. The number of fused-ring (bicyclic) bond motifs is 5. The number of pyridine rings is 1. The van der Waals surface area contributed by atoms with Crippen LogP contribution in [0.5, 0.6) is 0 Å². The zero-order chi connectivity index (χ0) is 15.4. The van der Waals surface area contributed by atoms with Gasteiger partial charge in [0, 0.05) is 30.8 Å². The minimum absolute atomic E-state index is 0. The van der Waals surface area contributed by atoms with Gasteiger partial charge in [0.25, 0.3) is 5.56 Å². The van der Waals surface area contributed by atoms with Gasteiger partial charge in [0.05, 0.1) is 15.7 Å². The van der Waals surface area contributed by atoms with E-state index in [-0.39, 0.29) is 18.0 Å². The smallest absolute Gasteiger partial charge is 0.251 e. The average Bonchev–Trinajstić information content (AvgIpc) is 3.03. The molecule has 1 fully saturated rings. The van der Waals surface area contributed by atoms with E-state index in [0.717, 1.165) is 36.3 Å². The van der Waals surface area contributed by atoms with Crippen molar-refractivity contribution in [2.45, 2.75) is 18.9 Å². The average molecular weight is 360 g/mol. The van der Waals surface area contributed by atoms with Crippen molar-refractivity contribution in [1.29, 1.82) is 0 Å². The van der Waals surface area contributed by atoms with Crippen LogP contribution in [0.1, 0.15) is 18.0 Å². The van der Waals surface area contributed by atoms with Crippen LogP contribution < -0.4 is 10.9 Å². The first-order chi connectivity index (χ1) is 11.3. The van der Waals surface area contributed by atoms with E-state index in [4.69, 9.17) is 0 Å². The number of hydrogen-bond donors (Lipinski definition) is 1. The van der Waals surface area contributed by atoms with Crippen molar-refractivity contribution in [3.63, 3.8) is 0 Å². The molecule has 0 unspecified atom stereocenters. The molecular weight excluding hydrogens is 342 g/mol. The molecule has 24 heavy (non-hydrogen) atoms. The van der Waals surface area contributed by atoms with Crippen LogP contribution in [0.2, 0.25) is 0 Å². The molecule has 0 aliphatic carbocycles. The molecule has 0 amide bonds. The summed E-state index contributed by atoms with van der Waals surface area (Å²) in [5.74, 6) is 1.05. The van der Waals surface area contributed by atoms with Crippen molar-refractivity contribution in [2.75, 3.05) is 13.1 Å². The van der Waals surface area contributed by atoms with E-state index >= 15 is 0 Å². The minimum Gasteiger partial charge on any atom is -0.316 e. The summed E-state index contributed by atoms with van der Waals surface area (Å²) in [6.45, 7) is 2.86. The summed E-state index contributed by atoms with van der Waals surface area (Å²) in [4.78, 5) is 17.0. The molecule has 1 aromatic carbocycles. The van der Waals surface area contributed by atoms with E-state index in [0.29, 0.717) is 11.8 Å². The van der Waals surface area contributed by atoms with Crippen molar-refractivity contribution >= 4 is 34.0 Å². The van der Waals surface area contributed by atoms with Crippen LogP contribution in [0.4, 0.5) is 0 Å². The van der Waals surface area contributed by atoms with Gasteiger partial charge >= 0.3 is 0 Å². The van der Waals surface area contributed by atoms with Gasteiger partial charge in [-0.25, -0.2) is 4.98 Å². The highest BCUT2D eigenvalue weighted by atomic mass is 35.5. The van der Waals surface area contributed by atoms with E-state index in [1.165, 1.54) is 16.8 Å². The predicted octanol–water partition coefficient (Wildman–Crippen LogP) is 3.25. The third-order valence-electron chi connectivity index (χ3n) is 5.12. The number of halogens is 1. The van der Waals surface area contributed by atoms with Gasteiger partial charge in [-0.1, -0.05) is 6.07 Å². The lowest BCUT2D eigenvalue weighted by Crippen LogP contribution is -2.44. The van der Waals surface area contributed by atoms with Crippen molar-refractivity contribution in [1.82, 2.24) is 14.9 Å². The highest BCUT2D eigenvalue weighted by Gasteiger charge is 2.31. The van der Waals surface area contributed by atoms with E-state index in [9.17, 15) is 4.79 Å². The fraction of sp³-hybridized carbons (Fsp3) is 0.333. The number of nitrogens with one attached hydrogen (secondary N) is 1. The second-order valence-corrected chi connectivity index (χ2v) is 7.50. The summed E-state index contributed by atoms with van der Waals surface area (Å²) in [5, 5.41) is 3.50. The minimum atomic E-state index is 0. The van der Waals surface area contributed by atoms with Crippen molar-refractivity contribution < 1.29 is 0 Å². The molecule has 1 N–H and O–H groups in total. The van der Waals surface area contributed by atoms with E-state index < -0.39 is 0 Å². The summed E-state index contributed by atoms with van der Waals surface area (Å²) in [6.07, 6.45) is 1.20. The molecule has 4 heterocycles. The fourth-order valence-corrected chi connectivity index (χ4v) is 4.67. The molecule has 2 aromatic heterocycles. The first-order valence-corrected chi connectivity index (χ1v) is 8.95. The van der Waals surface area contributed by atoms with Crippen molar-refractivity contribution in [2.24, 2.45) is 5.92 Å². The van der Waals surface area contributed by atoms with E-state index in [1.807, 2.05) is 10.1 Å². The van der Waals surface area contributed by atoms with Crippen LogP contribution in [0.25, 0.3) is 21.3 Å². The highest BCUT2D eigenvalue weighted by molar-refractivity contribution is 7.16. The molecule has 0 radical (unpaired) electrons. The lowest BCUT2D eigenvalue weighted by Gasteiger charge is -2.37. The molecule has 0 spiro atoms. The molecule has 3 aromatic rings. The Labute approximate surface area is 150 Å². The van der Waals surface area contributed by atoms with Gasteiger partial charge in [0.1, 0.15) is 0 Å². The second kappa shape index (κ2) is 5.99. The number of benzene rings is 1. The summed E-state index contributed by atoms with van der Waals surface area (Å²) in [7, 11) is 0. The Balaban J connectivity index is 0.00000146. The first-order valence-electron chi connectivity index (χ1n) is 8.07. The molecule has 4 nitrogen and oxygen atoms in total. The van der Waals surface area contributed by atoms with Gasteiger partial charge in [-0.3, -0.25) is 4.79 Å². The van der Waals surface area contributed by atoms with Gasteiger partial charge < -0.3 is 9.88 Å². The molecule has 124 valence electrons. The monoisotopic (exact) mass is 359 g/mol. The third kappa shape index (κ3) is 2.48. The van der Waals surface area contributed by atoms with Crippen LogP contribution in [-0.2, 0) is 6.54 Å². The topological polar surface area (TPSA) is 46.9 Å². The number of aromatic nitrogens is 2. The van der Waals surface area contributed by atoms with Gasteiger partial charge in [0.15, 0.2) is 0 Å². The summed E-state index contributed by atoms with van der Waals surface area (Å²) in [6, 6.07) is 10.3. The van der Waals surface area contributed by atoms with Crippen LogP contribution >= 0.6 is 23.7 Å². The normalized spacial score (nSPS) is 22.0. The second-order valence-electron chi connectivity index (χ2n) is 6.61. The number of piperidine rings is 1. The highest BCUT2D eigenvalue weighted by Crippen LogP contribution is 2.34.